The molecular formula is C12H15BrF3NO. The van der Waals surface area contributed by atoms with Crippen molar-refractivity contribution in [2.24, 2.45) is 0 Å². The Morgan fingerprint density at radius 3 is 2.61 bits per heavy atom. The first-order chi connectivity index (χ1) is 8.34. The molecule has 102 valence electrons. The minimum absolute atomic E-state index is 0.0675. The number of halogens is 4. The van der Waals surface area contributed by atoms with Crippen LogP contribution in [0.1, 0.15) is 19.4 Å². The van der Waals surface area contributed by atoms with E-state index in [1.165, 1.54) is 6.07 Å². The molecule has 1 unspecified atom stereocenters. The molecule has 0 amide bonds. The van der Waals surface area contributed by atoms with Crippen molar-refractivity contribution in [3.63, 3.8) is 0 Å². The maximum atomic E-state index is 12.8. The van der Waals surface area contributed by atoms with Gasteiger partial charge in [0.05, 0.1) is 12.2 Å². The second-order valence-electron chi connectivity index (χ2n) is 3.89. The normalized spacial score (nSPS) is 13.4. The van der Waals surface area contributed by atoms with E-state index in [1.807, 2.05) is 6.92 Å². The summed E-state index contributed by atoms with van der Waals surface area (Å²) >= 11 is 3.04. The molecule has 0 saturated carbocycles. The Bertz CT molecular complexity index is 395. The predicted octanol–water partition coefficient (Wildman–Crippen LogP) is 4.30. The molecule has 0 heterocycles. The number of alkyl halides is 3. The van der Waals surface area contributed by atoms with Crippen molar-refractivity contribution in [2.45, 2.75) is 26.1 Å². The first kappa shape index (κ1) is 15.3. The minimum Gasteiger partial charge on any atom is -0.380 e. The summed E-state index contributed by atoms with van der Waals surface area (Å²) in [7, 11) is 0. The van der Waals surface area contributed by atoms with Crippen molar-refractivity contribution in [1.29, 1.82) is 0 Å². The second kappa shape index (κ2) is 6.43. The summed E-state index contributed by atoms with van der Waals surface area (Å²) in [5, 5.41) is 2.81. The summed E-state index contributed by atoms with van der Waals surface area (Å²) in [5.74, 6) is 0. The first-order valence-corrected chi connectivity index (χ1v) is 6.35. The number of hydrogen-bond acceptors (Lipinski definition) is 2. The van der Waals surface area contributed by atoms with Crippen LogP contribution in [-0.2, 0) is 10.9 Å². The maximum Gasteiger partial charge on any atom is 0.418 e. The fraction of sp³-hybridized carbons (Fsp3) is 0.500. The Morgan fingerprint density at radius 2 is 2.06 bits per heavy atom. The van der Waals surface area contributed by atoms with Gasteiger partial charge in [-0.25, -0.2) is 0 Å². The SMILES string of the molecule is CCOCC(C)Nc1ccc(Br)cc1C(F)(F)F. The molecule has 18 heavy (non-hydrogen) atoms. The van der Waals surface area contributed by atoms with Crippen LogP contribution in [0.15, 0.2) is 22.7 Å². The van der Waals surface area contributed by atoms with Crippen LogP contribution in [0.25, 0.3) is 0 Å². The third-order valence-electron chi connectivity index (χ3n) is 2.26. The molecule has 1 aromatic carbocycles. The van der Waals surface area contributed by atoms with Crippen molar-refractivity contribution in [3.05, 3.63) is 28.2 Å². The highest BCUT2D eigenvalue weighted by molar-refractivity contribution is 9.10. The quantitative estimate of drug-likeness (QED) is 0.871. The third-order valence-corrected chi connectivity index (χ3v) is 2.75. The highest BCUT2D eigenvalue weighted by Gasteiger charge is 2.33. The van der Waals surface area contributed by atoms with Crippen LogP contribution in [-0.4, -0.2) is 19.3 Å². The van der Waals surface area contributed by atoms with Gasteiger partial charge in [0.2, 0.25) is 0 Å². The van der Waals surface area contributed by atoms with Gasteiger partial charge < -0.3 is 10.1 Å². The minimum atomic E-state index is -4.38. The molecule has 0 aliphatic carbocycles. The van der Waals surface area contributed by atoms with Gasteiger partial charge in [-0.15, -0.1) is 0 Å². The molecule has 0 spiro atoms. The topological polar surface area (TPSA) is 21.3 Å². The predicted molar refractivity (Wildman–Crippen MR) is 68.7 cm³/mol. The fourth-order valence-electron chi connectivity index (χ4n) is 1.48. The van der Waals surface area contributed by atoms with Gasteiger partial charge in [0.1, 0.15) is 0 Å². The molecule has 1 aromatic rings. The highest BCUT2D eigenvalue weighted by atomic mass is 79.9. The van der Waals surface area contributed by atoms with Crippen molar-refractivity contribution < 1.29 is 17.9 Å². The number of hydrogen-bond donors (Lipinski definition) is 1. The van der Waals surface area contributed by atoms with Crippen LogP contribution in [0.3, 0.4) is 0 Å². The monoisotopic (exact) mass is 325 g/mol. The number of anilines is 1. The number of benzene rings is 1. The van der Waals surface area contributed by atoms with E-state index >= 15 is 0 Å². The lowest BCUT2D eigenvalue weighted by atomic mass is 10.1. The zero-order chi connectivity index (χ0) is 13.8. The van der Waals surface area contributed by atoms with Crippen molar-refractivity contribution in [2.75, 3.05) is 18.5 Å². The van der Waals surface area contributed by atoms with E-state index in [0.29, 0.717) is 17.7 Å². The van der Waals surface area contributed by atoms with E-state index in [2.05, 4.69) is 21.2 Å². The van der Waals surface area contributed by atoms with Crippen molar-refractivity contribution >= 4 is 21.6 Å². The molecular weight excluding hydrogens is 311 g/mol. The Morgan fingerprint density at radius 1 is 1.39 bits per heavy atom. The van der Waals surface area contributed by atoms with Gasteiger partial charge in [-0.3, -0.25) is 0 Å². The van der Waals surface area contributed by atoms with Crippen LogP contribution in [0.2, 0.25) is 0 Å². The van der Waals surface area contributed by atoms with E-state index in [1.54, 1.807) is 13.0 Å². The molecule has 1 rings (SSSR count). The van der Waals surface area contributed by atoms with Crippen LogP contribution in [0, 0.1) is 0 Å². The van der Waals surface area contributed by atoms with Gasteiger partial charge in [0.15, 0.2) is 0 Å². The van der Waals surface area contributed by atoms with Crippen LogP contribution < -0.4 is 5.32 Å². The maximum absolute atomic E-state index is 12.8. The van der Waals surface area contributed by atoms with Crippen molar-refractivity contribution in [3.8, 4) is 0 Å². The Kier molecular flexibility index (Phi) is 5.47. The molecule has 6 heteroatoms. The summed E-state index contributed by atoms with van der Waals surface area (Å²) < 4.78 is 44.1. The second-order valence-corrected chi connectivity index (χ2v) is 4.81. The van der Waals surface area contributed by atoms with Gasteiger partial charge in [0.25, 0.3) is 0 Å². The standard InChI is InChI=1S/C12H15BrF3NO/c1-3-18-7-8(2)17-11-5-4-9(13)6-10(11)12(14,15)16/h4-6,8,17H,3,7H2,1-2H3. The van der Waals surface area contributed by atoms with Crippen LogP contribution >= 0.6 is 15.9 Å². The smallest absolute Gasteiger partial charge is 0.380 e. The summed E-state index contributed by atoms with van der Waals surface area (Å²) in [6, 6.07) is 3.86. The molecule has 1 atom stereocenters. The third kappa shape index (κ3) is 4.49. The van der Waals surface area contributed by atoms with E-state index in [9.17, 15) is 13.2 Å². The summed E-state index contributed by atoms with van der Waals surface area (Å²) in [4.78, 5) is 0. The fourth-order valence-corrected chi connectivity index (χ4v) is 1.84. The molecule has 0 aromatic heterocycles. The average Bonchev–Trinajstić information content (AvgIpc) is 2.27. The molecule has 0 bridgehead atoms. The lowest BCUT2D eigenvalue weighted by Gasteiger charge is -2.19. The van der Waals surface area contributed by atoms with Crippen LogP contribution in [0.5, 0.6) is 0 Å². The summed E-state index contributed by atoms with van der Waals surface area (Å²) in [5.41, 5.74) is -0.613. The molecule has 2 nitrogen and oxygen atoms in total. The molecule has 0 fully saturated rings. The number of rotatable bonds is 5. The average molecular weight is 326 g/mol. The highest BCUT2D eigenvalue weighted by Crippen LogP contribution is 2.36. The first-order valence-electron chi connectivity index (χ1n) is 5.55. The van der Waals surface area contributed by atoms with Gasteiger partial charge in [-0.05, 0) is 32.0 Å². The number of ether oxygens (including phenoxy) is 1. The Hall–Kier alpha value is -0.750. The Labute approximate surface area is 113 Å². The molecule has 0 radical (unpaired) electrons. The largest absolute Gasteiger partial charge is 0.418 e. The van der Waals surface area contributed by atoms with E-state index < -0.39 is 11.7 Å². The van der Waals surface area contributed by atoms with Crippen LogP contribution in [0.4, 0.5) is 18.9 Å². The van der Waals surface area contributed by atoms with Crippen molar-refractivity contribution in [1.82, 2.24) is 0 Å². The molecule has 0 aliphatic rings. The van der Waals surface area contributed by atoms with Gasteiger partial charge in [0, 0.05) is 22.8 Å². The van der Waals surface area contributed by atoms with E-state index in [4.69, 9.17) is 4.74 Å². The molecule has 0 saturated heterocycles. The zero-order valence-corrected chi connectivity index (χ0v) is 11.7. The summed E-state index contributed by atoms with van der Waals surface area (Å²) in [6.45, 7) is 4.52. The lowest BCUT2D eigenvalue weighted by Crippen LogP contribution is -2.23. The lowest BCUT2D eigenvalue weighted by molar-refractivity contribution is -0.137. The number of nitrogens with one attached hydrogen (secondary N) is 1. The summed E-state index contributed by atoms with van der Waals surface area (Å²) in [6.07, 6.45) is -4.38. The van der Waals surface area contributed by atoms with Gasteiger partial charge in [-0.1, -0.05) is 15.9 Å². The molecule has 1 N–H and O–H groups in total. The Balaban J connectivity index is 2.88. The van der Waals surface area contributed by atoms with Gasteiger partial charge >= 0.3 is 6.18 Å². The van der Waals surface area contributed by atoms with E-state index in [-0.39, 0.29) is 11.7 Å². The van der Waals surface area contributed by atoms with Gasteiger partial charge in [-0.2, -0.15) is 13.2 Å². The van der Waals surface area contributed by atoms with E-state index in [0.717, 1.165) is 6.07 Å². The zero-order valence-electron chi connectivity index (χ0n) is 10.1. The molecule has 0 aliphatic heterocycles.